The first-order valence-electron chi connectivity index (χ1n) is 13.5. The molecular formula is C30H33N3O6S. The standard InChI is InChI=1S/C30H33N3O6S/c1-2-38-24-12-14-25(15-13-24)40(36,37)32-18-16-23(17-19-32)30(35)33-21-28(39-27-11-7-6-10-26(27)33)29(34)31-20-22-8-4-3-5-9-22/h3-15,23,28H,2,16-21H2,1H3,(H,31,34)/t28-/m0/s1. The number of hydrogen-bond acceptors (Lipinski definition) is 6. The van der Waals surface area contributed by atoms with Crippen molar-refractivity contribution in [2.75, 3.05) is 31.1 Å². The molecular weight excluding hydrogens is 530 g/mol. The maximum absolute atomic E-state index is 13.7. The van der Waals surface area contributed by atoms with E-state index in [4.69, 9.17) is 9.47 Å². The van der Waals surface area contributed by atoms with Crippen molar-refractivity contribution in [1.29, 1.82) is 0 Å². The molecule has 0 saturated carbocycles. The first-order valence-corrected chi connectivity index (χ1v) is 14.9. The first kappa shape index (κ1) is 27.7. The Labute approximate surface area is 234 Å². The number of ether oxygens (including phenoxy) is 2. The highest BCUT2D eigenvalue weighted by molar-refractivity contribution is 7.89. The lowest BCUT2D eigenvalue weighted by Crippen LogP contribution is -2.53. The minimum absolute atomic E-state index is 0.0845. The minimum atomic E-state index is -3.69. The van der Waals surface area contributed by atoms with Gasteiger partial charge in [0, 0.05) is 25.6 Å². The van der Waals surface area contributed by atoms with E-state index in [0.29, 0.717) is 43.2 Å². The number of carbonyl (C=O) groups excluding carboxylic acids is 2. The lowest BCUT2D eigenvalue weighted by molar-refractivity contribution is -0.129. The average Bonchev–Trinajstić information content (AvgIpc) is 3.00. The molecule has 0 unspecified atom stereocenters. The molecule has 0 spiro atoms. The number of sulfonamides is 1. The van der Waals surface area contributed by atoms with Crippen molar-refractivity contribution in [1.82, 2.24) is 9.62 Å². The van der Waals surface area contributed by atoms with Gasteiger partial charge in [-0.25, -0.2) is 8.42 Å². The Balaban J connectivity index is 1.24. The quantitative estimate of drug-likeness (QED) is 0.449. The van der Waals surface area contributed by atoms with Crippen LogP contribution >= 0.6 is 0 Å². The molecule has 40 heavy (non-hydrogen) atoms. The van der Waals surface area contributed by atoms with E-state index in [1.165, 1.54) is 4.31 Å². The van der Waals surface area contributed by atoms with Gasteiger partial charge in [0.15, 0.2) is 6.10 Å². The summed E-state index contributed by atoms with van der Waals surface area (Å²) in [5.41, 5.74) is 1.58. The summed E-state index contributed by atoms with van der Waals surface area (Å²) in [6.45, 7) is 3.28. The van der Waals surface area contributed by atoms with E-state index in [1.54, 1.807) is 47.4 Å². The van der Waals surface area contributed by atoms with Crippen LogP contribution in [0.1, 0.15) is 25.3 Å². The molecule has 2 aliphatic heterocycles. The first-order chi connectivity index (χ1) is 19.4. The molecule has 1 saturated heterocycles. The van der Waals surface area contributed by atoms with Gasteiger partial charge in [-0.1, -0.05) is 42.5 Å². The molecule has 10 heteroatoms. The number of para-hydroxylation sites is 2. The van der Waals surface area contributed by atoms with Gasteiger partial charge in [0.25, 0.3) is 5.91 Å². The third-order valence-corrected chi connectivity index (χ3v) is 9.13. The van der Waals surface area contributed by atoms with Gasteiger partial charge in [-0.3, -0.25) is 9.59 Å². The van der Waals surface area contributed by atoms with E-state index in [9.17, 15) is 18.0 Å². The molecule has 2 aliphatic rings. The van der Waals surface area contributed by atoms with Crippen molar-refractivity contribution in [3.63, 3.8) is 0 Å². The summed E-state index contributed by atoms with van der Waals surface area (Å²) >= 11 is 0. The number of nitrogens with zero attached hydrogens (tertiary/aromatic N) is 2. The second kappa shape index (κ2) is 12.1. The van der Waals surface area contributed by atoms with E-state index in [0.717, 1.165) is 5.56 Å². The third kappa shape index (κ3) is 5.97. The number of hydrogen-bond donors (Lipinski definition) is 1. The SMILES string of the molecule is CCOc1ccc(S(=O)(=O)N2CCC(C(=O)N3C[C@@H](C(=O)NCc4ccccc4)Oc4ccccc43)CC2)cc1. The van der Waals surface area contributed by atoms with E-state index >= 15 is 0 Å². The average molecular weight is 564 g/mol. The topological polar surface area (TPSA) is 105 Å². The minimum Gasteiger partial charge on any atom is -0.494 e. The molecule has 0 bridgehead atoms. The Bertz CT molecular complexity index is 1440. The maximum Gasteiger partial charge on any atom is 0.263 e. The second-order valence-corrected chi connectivity index (χ2v) is 11.7. The van der Waals surface area contributed by atoms with Gasteiger partial charge in [0.1, 0.15) is 11.5 Å². The van der Waals surface area contributed by atoms with Crippen LogP contribution in [-0.2, 0) is 26.2 Å². The molecule has 2 amide bonds. The second-order valence-electron chi connectivity index (χ2n) is 9.81. The van der Waals surface area contributed by atoms with Crippen LogP contribution in [0, 0.1) is 5.92 Å². The molecule has 0 radical (unpaired) electrons. The number of fused-ring (bicyclic) bond motifs is 1. The number of rotatable bonds is 8. The van der Waals surface area contributed by atoms with Crippen LogP contribution in [0.25, 0.3) is 0 Å². The molecule has 1 fully saturated rings. The summed E-state index contributed by atoms with van der Waals surface area (Å²) in [6.07, 6.45) is -0.0819. The molecule has 0 aromatic heterocycles. The predicted molar refractivity (Wildman–Crippen MR) is 151 cm³/mol. The van der Waals surface area contributed by atoms with Crippen molar-refractivity contribution in [2.24, 2.45) is 5.92 Å². The molecule has 2 heterocycles. The monoisotopic (exact) mass is 563 g/mol. The number of nitrogens with one attached hydrogen (secondary N) is 1. The maximum atomic E-state index is 13.7. The third-order valence-electron chi connectivity index (χ3n) is 7.22. The van der Waals surface area contributed by atoms with Crippen LogP contribution in [-0.4, -0.2) is 56.9 Å². The number of carbonyl (C=O) groups is 2. The number of amides is 2. The fraction of sp³-hybridized carbons (Fsp3) is 0.333. The van der Waals surface area contributed by atoms with Crippen LogP contribution in [0.15, 0.2) is 83.8 Å². The highest BCUT2D eigenvalue weighted by Gasteiger charge is 2.39. The summed E-state index contributed by atoms with van der Waals surface area (Å²) in [4.78, 5) is 28.6. The van der Waals surface area contributed by atoms with Gasteiger partial charge in [-0.2, -0.15) is 4.31 Å². The highest BCUT2D eigenvalue weighted by atomic mass is 32.2. The van der Waals surface area contributed by atoms with Crippen LogP contribution in [0.3, 0.4) is 0 Å². The molecule has 1 N–H and O–H groups in total. The fourth-order valence-corrected chi connectivity index (χ4v) is 6.54. The van der Waals surface area contributed by atoms with Gasteiger partial charge in [-0.15, -0.1) is 0 Å². The Morgan fingerprint density at radius 3 is 2.33 bits per heavy atom. The molecule has 3 aromatic carbocycles. The molecule has 1 atom stereocenters. The van der Waals surface area contributed by atoms with Crippen LogP contribution in [0.5, 0.6) is 11.5 Å². The lowest BCUT2D eigenvalue weighted by Gasteiger charge is -2.38. The van der Waals surface area contributed by atoms with Crippen molar-refractivity contribution in [3.8, 4) is 11.5 Å². The Kier molecular flexibility index (Phi) is 8.37. The molecule has 9 nitrogen and oxygen atoms in total. The Morgan fingerprint density at radius 2 is 1.62 bits per heavy atom. The van der Waals surface area contributed by atoms with E-state index in [2.05, 4.69) is 5.32 Å². The van der Waals surface area contributed by atoms with Gasteiger partial charge in [-0.05, 0) is 61.7 Å². The smallest absolute Gasteiger partial charge is 0.263 e. The van der Waals surface area contributed by atoms with Gasteiger partial charge in [0.2, 0.25) is 15.9 Å². The lowest BCUT2D eigenvalue weighted by atomic mass is 9.95. The summed E-state index contributed by atoms with van der Waals surface area (Å²) in [5.74, 6) is 0.286. The number of piperidine rings is 1. The number of benzene rings is 3. The fourth-order valence-electron chi connectivity index (χ4n) is 5.07. The zero-order chi connectivity index (χ0) is 28.1. The highest BCUT2D eigenvalue weighted by Crippen LogP contribution is 2.36. The van der Waals surface area contributed by atoms with Gasteiger partial charge >= 0.3 is 0 Å². The van der Waals surface area contributed by atoms with Gasteiger partial charge < -0.3 is 19.7 Å². The zero-order valence-electron chi connectivity index (χ0n) is 22.4. The van der Waals surface area contributed by atoms with Crippen molar-refractivity contribution < 1.29 is 27.5 Å². The summed E-state index contributed by atoms with van der Waals surface area (Å²) < 4.78 is 39.2. The Morgan fingerprint density at radius 1 is 0.950 bits per heavy atom. The molecule has 5 rings (SSSR count). The summed E-state index contributed by atoms with van der Waals surface area (Å²) in [6, 6.07) is 23.1. The summed E-state index contributed by atoms with van der Waals surface area (Å²) in [5, 5.41) is 2.90. The molecule has 210 valence electrons. The zero-order valence-corrected chi connectivity index (χ0v) is 23.2. The number of anilines is 1. The van der Waals surface area contributed by atoms with Crippen LogP contribution in [0.4, 0.5) is 5.69 Å². The van der Waals surface area contributed by atoms with Crippen LogP contribution < -0.4 is 19.7 Å². The van der Waals surface area contributed by atoms with Gasteiger partial charge in [0.05, 0.1) is 23.7 Å². The predicted octanol–water partition coefficient (Wildman–Crippen LogP) is 3.60. The Hall–Kier alpha value is -3.89. The largest absolute Gasteiger partial charge is 0.494 e. The van der Waals surface area contributed by atoms with E-state index in [-0.39, 0.29) is 42.3 Å². The van der Waals surface area contributed by atoms with Crippen molar-refractivity contribution in [3.05, 3.63) is 84.4 Å². The molecule has 3 aromatic rings. The molecule has 0 aliphatic carbocycles. The van der Waals surface area contributed by atoms with Crippen molar-refractivity contribution >= 4 is 27.5 Å². The van der Waals surface area contributed by atoms with E-state index in [1.807, 2.05) is 43.3 Å². The summed E-state index contributed by atoms with van der Waals surface area (Å²) in [7, 11) is -3.69. The van der Waals surface area contributed by atoms with Crippen LogP contribution in [0.2, 0.25) is 0 Å². The van der Waals surface area contributed by atoms with Crippen molar-refractivity contribution in [2.45, 2.75) is 37.3 Å². The normalized spacial score (nSPS) is 17.9. The van der Waals surface area contributed by atoms with E-state index < -0.39 is 16.1 Å².